The molecular formula is C13H18N4O3. The molecule has 2 heterocycles. The van der Waals surface area contributed by atoms with Crippen LogP contribution in [0.15, 0.2) is 12.5 Å². The van der Waals surface area contributed by atoms with Crippen molar-refractivity contribution in [3.8, 4) is 0 Å². The predicted molar refractivity (Wildman–Crippen MR) is 71.7 cm³/mol. The smallest absolute Gasteiger partial charge is 0.344 e. The third kappa shape index (κ3) is 3.43. The van der Waals surface area contributed by atoms with Crippen molar-refractivity contribution in [3.05, 3.63) is 18.1 Å². The van der Waals surface area contributed by atoms with Crippen molar-refractivity contribution in [2.45, 2.75) is 19.8 Å². The Morgan fingerprint density at radius 1 is 1.55 bits per heavy atom. The van der Waals surface area contributed by atoms with Gasteiger partial charge in [0.25, 0.3) is 5.91 Å². The first kappa shape index (κ1) is 14.2. The largest absolute Gasteiger partial charge is 0.452 e. The Morgan fingerprint density at radius 2 is 2.35 bits per heavy atom. The minimum absolute atomic E-state index is 0.0454. The van der Waals surface area contributed by atoms with Gasteiger partial charge >= 0.3 is 5.97 Å². The van der Waals surface area contributed by atoms with Crippen LogP contribution in [0.5, 0.6) is 0 Å². The van der Waals surface area contributed by atoms with Crippen molar-refractivity contribution in [1.29, 1.82) is 0 Å². The SMILES string of the molecule is C[C@@H]1CCCN(C(=O)COC(=O)c2cncnc2N)C1. The van der Waals surface area contributed by atoms with E-state index in [1.54, 1.807) is 4.90 Å². The number of piperidine rings is 1. The van der Waals surface area contributed by atoms with Gasteiger partial charge in [0.15, 0.2) is 6.61 Å². The van der Waals surface area contributed by atoms with Crippen LogP contribution in [0, 0.1) is 5.92 Å². The first-order chi connectivity index (χ1) is 9.58. The zero-order valence-electron chi connectivity index (χ0n) is 11.4. The summed E-state index contributed by atoms with van der Waals surface area (Å²) >= 11 is 0. The van der Waals surface area contributed by atoms with Gasteiger partial charge in [-0.25, -0.2) is 14.8 Å². The molecule has 0 unspecified atom stereocenters. The Kier molecular flexibility index (Phi) is 4.49. The van der Waals surface area contributed by atoms with Crippen LogP contribution >= 0.6 is 0 Å². The molecule has 2 rings (SSSR count). The molecule has 20 heavy (non-hydrogen) atoms. The number of anilines is 1. The van der Waals surface area contributed by atoms with Crippen molar-refractivity contribution >= 4 is 17.7 Å². The van der Waals surface area contributed by atoms with Crippen LogP contribution in [0.25, 0.3) is 0 Å². The van der Waals surface area contributed by atoms with Crippen molar-refractivity contribution in [2.24, 2.45) is 5.92 Å². The zero-order valence-corrected chi connectivity index (χ0v) is 11.4. The quantitative estimate of drug-likeness (QED) is 0.807. The highest BCUT2D eigenvalue weighted by Gasteiger charge is 2.22. The first-order valence-electron chi connectivity index (χ1n) is 6.58. The standard InChI is InChI=1S/C13H18N4O3/c1-9-3-2-4-17(6-9)11(18)7-20-13(19)10-5-15-8-16-12(10)14/h5,8-9H,2-4,6-7H2,1H3,(H2,14,15,16)/t9-/m1/s1. The highest BCUT2D eigenvalue weighted by Crippen LogP contribution is 2.15. The minimum Gasteiger partial charge on any atom is -0.452 e. The number of rotatable bonds is 3. The van der Waals surface area contributed by atoms with Gasteiger partial charge in [-0.05, 0) is 18.8 Å². The maximum Gasteiger partial charge on any atom is 0.344 e. The first-order valence-corrected chi connectivity index (χ1v) is 6.58. The lowest BCUT2D eigenvalue weighted by Crippen LogP contribution is -2.41. The summed E-state index contributed by atoms with van der Waals surface area (Å²) < 4.78 is 4.97. The number of ether oxygens (including phenoxy) is 1. The molecular weight excluding hydrogens is 260 g/mol. The number of esters is 1. The maximum atomic E-state index is 12.0. The number of hydrogen-bond acceptors (Lipinski definition) is 6. The lowest BCUT2D eigenvalue weighted by Gasteiger charge is -2.30. The Labute approximate surface area is 117 Å². The van der Waals surface area contributed by atoms with Gasteiger partial charge in [0.05, 0.1) is 0 Å². The van der Waals surface area contributed by atoms with E-state index in [4.69, 9.17) is 10.5 Å². The minimum atomic E-state index is -0.679. The normalized spacial score (nSPS) is 18.6. The molecule has 2 N–H and O–H groups in total. The van der Waals surface area contributed by atoms with E-state index in [0.717, 1.165) is 19.4 Å². The van der Waals surface area contributed by atoms with Crippen molar-refractivity contribution in [1.82, 2.24) is 14.9 Å². The second-order valence-corrected chi connectivity index (χ2v) is 4.98. The molecule has 7 heteroatoms. The van der Waals surface area contributed by atoms with E-state index >= 15 is 0 Å². The van der Waals surface area contributed by atoms with Gasteiger partial charge in [-0.3, -0.25) is 4.79 Å². The third-order valence-electron chi connectivity index (χ3n) is 3.30. The van der Waals surface area contributed by atoms with E-state index in [2.05, 4.69) is 16.9 Å². The Morgan fingerprint density at radius 3 is 3.05 bits per heavy atom. The van der Waals surface area contributed by atoms with Crippen molar-refractivity contribution < 1.29 is 14.3 Å². The molecule has 1 aliphatic heterocycles. The van der Waals surface area contributed by atoms with Crippen LogP contribution < -0.4 is 5.73 Å². The molecule has 1 aliphatic rings. The van der Waals surface area contributed by atoms with Gasteiger partial charge in [-0.1, -0.05) is 6.92 Å². The number of carbonyl (C=O) groups excluding carboxylic acids is 2. The number of amides is 1. The molecule has 1 saturated heterocycles. The molecule has 0 bridgehead atoms. The van der Waals surface area contributed by atoms with Crippen LogP contribution in [-0.4, -0.2) is 46.4 Å². The zero-order chi connectivity index (χ0) is 14.5. The number of nitrogens with zero attached hydrogens (tertiary/aromatic N) is 3. The maximum absolute atomic E-state index is 12.0. The van der Waals surface area contributed by atoms with Crippen LogP contribution in [0.4, 0.5) is 5.82 Å². The van der Waals surface area contributed by atoms with E-state index < -0.39 is 5.97 Å². The number of likely N-dealkylation sites (tertiary alicyclic amines) is 1. The van der Waals surface area contributed by atoms with E-state index in [1.807, 2.05) is 0 Å². The third-order valence-corrected chi connectivity index (χ3v) is 3.30. The molecule has 1 aromatic rings. The summed E-state index contributed by atoms with van der Waals surface area (Å²) in [5.74, 6) is -0.326. The van der Waals surface area contributed by atoms with Crippen LogP contribution in [0.1, 0.15) is 30.1 Å². The molecule has 1 amide bonds. The van der Waals surface area contributed by atoms with Crippen molar-refractivity contribution in [3.63, 3.8) is 0 Å². The molecule has 0 saturated carbocycles. The van der Waals surface area contributed by atoms with Gasteiger partial charge in [0.2, 0.25) is 0 Å². The van der Waals surface area contributed by atoms with Gasteiger partial charge in [0, 0.05) is 19.3 Å². The van der Waals surface area contributed by atoms with E-state index in [-0.39, 0.29) is 23.9 Å². The fourth-order valence-corrected chi connectivity index (χ4v) is 2.21. The number of hydrogen-bond donors (Lipinski definition) is 1. The number of aromatic nitrogens is 2. The summed E-state index contributed by atoms with van der Waals surface area (Å²) in [6.07, 6.45) is 4.63. The highest BCUT2D eigenvalue weighted by molar-refractivity contribution is 5.94. The molecule has 0 aromatic carbocycles. The monoisotopic (exact) mass is 278 g/mol. The van der Waals surface area contributed by atoms with E-state index in [0.29, 0.717) is 12.5 Å². The molecule has 1 aromatic heterocycles. The number of nitrogens with two attached hydrogens (primary N) is 1. The van der Waals surface area contributed by atoms with Crippen LogP contribution in [0.2, 0.25) is 0 Å². The summed E-state index contributed by atoms with van der Waals surface area (Å²) in [5.41, 5.74) is 5.62. The Bertz CT molecular complexity index is 506. The second-order valence-electron chi connectivity index (χ2n) is 4.98. The van der Waals surface area contributed by atoms with Gasteiger partial charge in [0.1, 0.15) is 17.7 Å². The topological polar surface area (TPSA) is 98.4 Å². The summed E-state index contributed by atoms with van der Waals surface area (Å²) in [5, 5.41) is 0. The number of carbonyl (C=O) groups is 2. The summed E-state index contributed by atoms with van der Waals surface area (Å²) in [6.45, 7) is 3.26. The van der Waals surface area contributed by atoms with Gasteiger partial charge in [-0.15, -0.1) is 0 Å². The molecule has 7 nitrogen and oxygen atoms in total. The van der Waals surface area contributed by atoms with Gasteiger partial charge < -0.3 is 15.4 Å². The Balaban J connectivity index is 1.87. The molecule has 1 atom stereocenters. The predicted octanol–water partition coefficient (Wildman–Crippen LogP) is 0.474. The molecule has 1 fully saturated rings. The molecule has 0 radical (unpaired) electrons. The molecule has 0 spiro atoms. The summed E-state index contributed by atoms with van der Waals surface area (Å²) in [7, 11) is 0. The Hall–Kier alpha value is -2.18. The summed E-state index contributed by atoms with van der Waals surface area (Å²) in [6, 6.07) is 0. The average molecular weight is 278 g/mol. The van der Waals surface area contributed by atoms with E-state index in [9.17, 15) is 9.59 Å². The fourth-order valence-electron chi connectivity index (χ4n) is 2.21. The van der Waals surface area contributed by atoms with Crippen molar-refractivity contribution in [2.75, 3.05) is 25.4 Å². The summed E-state index contributed by atoms with van der Waals surface area (Å²) in [4.78, 5) is 32.8. The van der Waals surface area contributed by atoms with Gasteiger partial charge in [-0.2, -0.15) is 0 Å². The van der Waals surface area contributed by atoms with E-state index in [1.165, 1.54) is 12.5 Å². The molecule has 0 aliphatic carbocycles. The lowest BCUT2D eigenvalue weighted by atomic mass is 10.0. The number of nitrogen functional groups attached to an aromatic ring is 1. The fraction of sp³-hybridized carbons (Fsp3) is 0.538. The molecule has 108 valence electrons. The second kappa shape index (κ2) is 6.31. The van der Waals surface area contributed by atoms with Crippen LogP contribution in [0.3, 0.4) is 0 Å². The van der Waals surface area contributed by atoms with Crippen LogP contribution in [-0.2, 0) is 9.53 Å². The lowest BCUT2D eigenvalue weighted by molar-refractivity contribution is -0.136. The average Bonchev–Trinajstić information content (AvgIpc) is 2.45. The highest BCUT2D eigenvalue weighted by atomic mass is 16.5.